The Morgan fingerprint density at radius 1 is 1.16 bits per heavy atom. The van der Waals surface area contributed by atoms with Crippen LogP contribution in [0.2, 0.25) is 0 Å². The van der Waals surface area contributed by atoms with E-state index < -0.39 is 0 Å². The van der Waals surface area contributed by atoms with Crippen LogP contribution in [-0.2, 0) is 7.05 Å². The number of hydrogen-bond acceptors (Lipinski definition) is 2. The molecule has 2 heterocycles. The monoisotopic (exact) mass is 353 g/mol. The van der Waals surface area contributed by atoms with Gasteiger partial charge < -0.3 is 4.57 Å². The van der Waals surface area contributed by atoms with Gasteiger partial charge in [-0.15, -0.1) is 11.3 Å². The Morgan fingerprint density at radius 3 is 2.40 bits per heavy atom. The molecule has 0 bridgehead atoms. The molecule has 25 heavy (non-hydrogen) atoms. The number of unbranched alkanes of at least 4 members (excludes halogenated alkanes) is 1. The minimum atomic E-state index is 0.0812. The molecule has 3 aromatic rings. The average molecular weight is 354 g/mol. The lowest BCUT2D eigenvalue weighted by atomic mass is 9.95. The van der Waals surface area contributed by atoms with Crippen molar-refractivity contribution in [3.05, 3.63) is 64.7 Å². The number of fused-ring (bicyclic) bond motifs is 1. The normalized spacial score (nSPS) is 11.3. The highest BCUT2D eigenvalue weighted by Gasteiger charge is 2.19. The number of ketones is 1. The van der Waals surface area contributed by atoms with Crippen molar-refractivity contribution in [2.24, 2.45) is 7.05 Å². The Balaban J connectivity index is 0.000000511. The van der Waals surface area contributed by atoms with Gasteiger partial charge in [-0.05, 0) is 42.5 Å². The minimum absolute atomic E-state index is 0.0812. The van der Waals surface area contributed by atoms with Crippen molar-refractivity contribution in [2.75, 3.05) is 0 Å². The van der Waals surface area contributed by atoms with Crippen LogP contribution in [0.3, 0.4) is 0 Å². The van der Waals surface area contributed by atoms with E-state index in [9.17, 15) is 4.79 Å². The first kappa shape index (κ1) is 19.2. The average Bonchev–Trinajstić information content (AvgIpc) is 3.20. The van der Waals surface area contributed by atoms with E-state index in [1.54, 1.807) is 11.3 Å². The SMILES string of the molecule is C/C=C(/C(=O)c1cc2ccsc2n1C)c1ccccc1C.CCCC. The summed E-state index contributed by atoms with van der Waals surface area (Å²) in [4.78, 5) is 14.1. The summed E-state index contributed by atoms with van der Waals surface area (Å²) in [6.07, 6.45) is 4.55. The summed E-state index contributed by atoms with van der Waals surface area (Å²) < 4.78 is 1.99. The lowest BCUT2D eigenvalue weighted by Crippen LogP contribution is -2.08. The number of nitrogens with zero attached hydrogens (tertiary/aromatic N) is 1. The van der Waals surface area contributed by atoms with Gasteiger partial charge >= 0.3 is 0 Å². The van der Waals surface area contributed by atoms with Gasteiger partial charge in [0.25, 0.3) is 0 Å². The topological polar surface area (TPSA) is 22.0 Å². The maximum atomic E-state index is 12.9. The van der Waals surface area contributed by atoms with E-state index in [-0.39, 0.29) is 5.78 Å². The number of carbonyl (C=O) groups excluding carboxylic acids is 1. The van der Waals surface area contributed by atoms with Gasteiger partial charge in [-0.1, -0.05) is 57.0 Å². The van der Waals surface area contributed by atoms with Gasteiger partial charge in [-0.3, -0.25) is 4.79 Å². The zero-order valence-corrected chi connectivity index (χ0v) is 16.6. The summed E-state index contributed by atoms with van der Waals surface area (Å²) in [5.41, 5.74) is 3.64. The molecule has 0 fully saturated rings. The van der Waals surface area contributed by atoms with E-state index in [2.05, 4.69) is 25.3 Å². The molecule has 2 aromatic heterocycles. The smallest absolute Gasteiger partial charge is 0.209 e. The first-order valence-electron chi connectivity index (χ1n) is 8.85. The summed E-state index contributed by atoms with van der Waals surface area (Å²) in [6.45, 7) is 8.32. The van der Waals surface area contributed by atoms with E-state index in [0.29, 0.717) is 0 Å². The lowest BCUT2D eigenvalue weighted by Gasteiger charge is -2.10. The number of hydrogen-bond donors (Lipinski definition) is 0. The summed E-state index contributed by atoms with van der Waals surface area (Å²) in [5.74, 6) is 0.0812. The molecule has 3 rings (SSSR count). The molecule has 2 nitrogen and oxygen atoms in total. The standard InChI is InChI=1S/C18H17NOS.C4H10/c1-4-14(15-8-6-5-7-12(15)2)17(20)16-11-13-9-10-21-18(13)19(16)3;1-3-4-2/h4-11H,1-3H3;3-4H2,1-2H3/b14-4+;. The number of allylic oxidation sites excluding steroid dienone is 2. The molecule has 0 aliphatic carbocycles. The Kier molecular flexibility index (Phi) is 6.77. The van der Waals surface area contributed by atoms with Crippen molar-refractivity contribution in [1.82, 2.24) is 4.57 Å². The molecule has 0 aliphatic rings. The highest BCUT2D eigenvalue weighted by atomic mass is 32.1. The number of carbonyl (C=O) groups is 1. The van der Waals surface area contributed by atoms with Gasteiger partial charge in [0.15, 0.2) is 0 Å². The predicted octanol–water partition coefficient (Wildman–Crippen LogP) is 6.64. The fourth-order valence-electron chi connectivity index (χ4n) is 2.69. The quantitative estimate of drug-likeness (QED) is 0.380. The van der Waals surface area contributed by atoms with Crippen molar-refractivity contribution in [3.63, 3.8) is 0 Å². The van der Waals surface area contributed by atoms with E-state index in [0.717, 1.165) is 32.6 Å². The minimum Gasteiger partial charge on any atom is -0.333 e. The number of thiophene rings is 1. The molecule has 0 unspecified atom stereocenters. The van der Waals surface area contributed by atoms with Crippen molar-refractivity contribution >= 4 is 32.9 Å². The van der Waals surface area contributed by atoms with Crippen LogP contribution in [0, 0.1) is 6.92 Å². The maximum Gasteiger partial charge on any atom is 0.209 e. The zero-order chi connectivity index (χ0) is 18.4. The molecule has 132 valence electrons. The zero-order valence-electron chi connectivity index (χ0n) is 15.8. The number of aromatic nitrogens is 1. The number of rotatable bonds is 4. The number of Topliss-reactive ketones (excluding diaryl/α,β-unsaturated/α-hetero) is 1. The Labute approximate surface area is 154 Å². The van der Waals surface area contributed by atoms with Gasteiger partial charge in [0.1, 0.15) is 4.83 Å². The second kappa shape index (κ2) is 8.82. The third-order valence-corrected chi connectivity index (χ3v) is 5.34. The van der Waals surface area contributed by atoms with Crippen LogP contribution in [0.25, 0.3) is 15.8 Å². The predicted molar refractivity (Wildman–Crippen MR) is 111 cm³/mol. The van der Waals surface area contributed by atoms with Gasteiger partial charge in [0.2, 0.25) is 5.78 Å². The van der Waals surface area contributed by atoms with Crippen molar-refractivity contribution < 1.29 is 4.79 Å². The lowest BCUT2D eigenvalue weighted by molar-refractivity contribution is 0.104. The summed E-state index contributed by atoms with van der Waals surface area (Å²) in [5, 5.41) is 3.18. The molecule has 0 radical (unpaired) electrons. The fourth-order valence-corrected chi connectivity index (χ4v) is 3.55. The summed E-state index contributed by atoms with van der Waals surface area (Å²) in [6, 6.07) is 12.1. The van der Waals surface area contributed by atoms with Crippen LogP contribution in [-0.4, -0.2) is 10.4 Å². The van der Waals surface area contributed by atoms with Crippen LogP contribution < -0.4 is 0 Å². The third-order valence-electron chi connectivity index (χ3n) is 4.33. The van der Waals surface area contributed by atoms with E-state index >= 15 is 0 Å². The fraction of sp³-hybridized carbons (Fsp3) is 0.318. The molecule has 1 aromatic carbocycles. The van der Waals surface area contributed by atoms with Gasteiger partial charge in [0, 0.05) is 18.0 Å². The van der Waals surface area contributed by atoms with Crippen LogP contribution in [0.1, 0.15) is 55.2 Å². The molecule has 0 atom stereocenters. The van der Waals surface area contributed by atoms with Crippen LogP contribution in [0.4, 0.5) is 0 Å². The Morgan fingerprint density at radius 2 is 1.84 bits per heavy atom. The van der Waals surface area contributed by atoms with Crippen molar-refractivity contribution in [3.8, 4) is 0 Å². The number of aryl methyl sites for hydroxylation is 2. The van der Waals surface area contributed by atoms with E-state index in [1.165, 1.54) is 12.8 Å². The van der Waals surface area contributed by atoms with Crippen LogP contribution in [0.5, 0.6) is 0 Å². The first-order chi connectivity index (χ1) is 12.0. The molecule has 0 N–H and O–H groups in total. The van der Waals surface area contributed by atoms with Crippen LogP contribution in [0.15, 0.2) is 47.9 Å². The van der Waals surface area contributed by atoms with Gasteiger partial charge in [-0.2, -0.15) is 0 Å². The Hall–Kier alpha value is -2.13. The van der Waals surface area contributed by atoms with Gasteiger partial charge in [0.05, 0.1) is 5.69 Å². The molecule has 0 amide bonds. The second-order valence-electron chi connectivity index (χ2n) is 6.12. The molecular weight excluding hydrogens is 326 g/mol. The van der Waals surface area contributed by atoms with Crippen molar-refractivity contribution in [2.45, 2.75) is 40.5 Å². The van der Waals surface area contributed by atoms with E-state index in [1.807, 2.05) is 61.9 Å². The molecular formula is C22H27NOS. The van der Waals surface area contributed by atoms with Crippen molar-refractivity contribution in [1.29, 1.82) is 0 Å². The van der Waals surface area contributed by atoms with E-state index in [4.69, 9.17) is 0 Å². The number of benzene rings is 1. The summed E-state index contributed by atoms with van der Waals surface area (Å²) >= 11 is 1.66. The second-order valence-corrected chi connectivity index (χ2v) is 7.01. The highest BCUT2D eigenvalue weighted by Crippen LogP contribution is 2.28. The molecule has 3 heteroatoms. The molecule has 0 saturated heterocycles. The maximum absolute atomic E-state index is 12.9. The largest absolute Gasteiger partial charge is 0.333 e. The molecule has 0 saturated carbocycles. The Bertz CT molecular complexity index is 880. The van der Waals surface area contributed by atoms with Gasteiger partial charge in [-0.25, -0.2) is 0 Å². The third kappa shape index (κ3) is 4.10. The highest BCUT2D eigenvalue weighted by molar-refractivity contribution is 7.16. The first-order valence-corrected chi connectivity index (χ1v) is 9.72. The van der Waals surface area contributed by atoms with Crippen LogP contribution >= 0.6 is 11.3 Å². The molecule has 0 spiro atoms. The summed E-state index contributed by atoms with van der Waals surface area (Å²) in [7, 11) is 1.96. The molecule has 0 aliphatic heterocycles.